The second kappa shape index (κ2) is 5.83. The van der Waals surface area contributed by atoms with Gasteiger partial charge in [0, 0.05) is 18.1 Å². The number of ether oxygens (including phenoxy) is 1. The Labute approximate surface area is 124 Å². The molecule has 3 aromatic rings. The highest BCUT2D eigenvalue weighted by Gasteiger charge is 2.05. The minimum atomic E-state index is 0.739. The molecule has 2 aromatic carbocycles. The zero-order valence-electron chi connectivity index (χ0n) is 12.3. The molecule has 0 bridgehead atoms. The molecule has 0 aliphatic heterocycles. The van der Waals surface area contributed by atoms with Gasteiger partial charge in [0.05, 0.1) is 18.3 Å². The van der Waals surface area contributed by atoms with Crippen molar-refractivity contribution >= 4 is 16.6 Å². The predicted octanol–water partition coefficient (Wildman–Crippen LogP) is 4.16. The molecule has 106 valence electrons. The van der Waals surface area contributed by atoms with Crippen molar-refractivity contribution in [2.24, 2.45) is 0 Å². The molecule has 0 fully saturated rings. The number of anilines is 1. The van der Waals surface area contributed by atoms with Gasteiger partial charge in [0.15, 0.2) is 0 Å². The molecule has 1 N–H and O–H groups in total. The third-order valence-corrected chi connectivity index (χ3v) is 3.57. The van der Waals surface area contributed by atoms with Gasteiger partial charge in [0.25, 0.3) is 0 Å². The Hall–Kier alpha value is -2.55. The van der Waals surface area contributed by atoms with E-state index in [1.165, 1.54) is 16.5 Å². The van der Waals surface area contributed by atoms with Crippen molar-refractivity contribution in [3.8, 4) is 5.75 Å². The monoisotopic (exact) mass is 278 g/mol. The number of nitrogens with one attached hydrogen (secondary N) is 1. The van der Waals surface area contributed by atoms with Gasteiger partial charge >= 0.3 is 0 Å². The van der Waals surface area contributed by atoms with E-state index in [4.69, 9.17) is 4.74 Å². The van der Waals surface area contributed by atoms with Gasteiger partial charge < -0.3 is 10.1 Å². The van der Waals surface area contributed by atoms with E-state index in [2.05, 4.69) is 41.5 Å². The molecular formula is C18H18N2O. The molecule has 21 heavy (non-hydrogen) atoms. The van der Waals surface area contributed by atoms with Crippen LogP contribution in [0.3, 0.4) is 0 Å². The number of hydrogen-bond acceptors (Lipinski definition) is 3. The maximum absolute atomic E-state index is 5.43. The number of pyridine rings is 1. The molecule has 1 aromatic heterocycles. The van der Waals surface area contributed by atoms with Crippen molar-refractivity contribution in [2.75, 3.05) is 12.4 Å². The highest BCUT2D eigenvalue weighted by Crippen LogP contribution is 2.26. The van der Waals surface area contributed by atoms with Gasteiger partial charge in [-0.05, 0) is 42.3 Å². The number of aromatic nitrogens is 1. The minimum absolute atomic E-state index is 0.739. The van der Waals surface area contributed by atoms with E-state index in [1.54, 1.807) is 7.11 Å². The fourth-order valence-electron chi connectivity index (χ4n) is 2.44. The smallest absolute Gasteiger partial charge is 0.142 e. The van der Waals surface area contributed by atoms with Crippen LogP contribution in [0.5, 0.6) is 5.75 Å². The van der Waals surface area contributed by atoms with Crippen LogP contribution in [-0.4, -0.2) is 12.1 Å². The van der Waals surface area contributed by atoms with Gasteiger partial charge in [-0.3, -0.25) is 4.98 Å². The standard InChI is InChI=1S/C18H18N2O/c1-13-7-8-17(18(11-13)21-2)20-12-14-9-10-19-16-6-4-3-5-15(14)16/h3-11,20H,12H2,1-2H3. The molecule has 3 nitrogen and oxygen atoms in total. The third-order valence-electron chi connectivity index (χ3n) is 3.57. The number of hydrogen-bond donors (Lipinski definition) is 1. The van der Waals surface area contributed by atoms with Gasteiger partial charge in [0.1, 0.15) is 5.75 Å². The average molecular weight is 278 g/mol. The molecule has 0 aliphatic rings. The lowest BCUT2D eigenvalue weighted by molar-refractivity contribution is 0.416. The van der Waals surface area contributed by atoms with Crippen molar-refractivity contribution in [3.63, 3.8) is 0 Å². The second-order valence-corrected chi connectivity index (χ2v) is 5.04. The lowest BCUT2D eigenvalue weighted by Gasteiger charge is -2.13. The number of nitrogens with zero attached hydrogens (tertiary/aromatic N) is 1. The summed E-state index contributed by atoms with van der Waals surface area (Å²) >= 11 is 0. The van der Waals surface area contributed by atoms with E-state index >= 15 is 0 Å². The number of benzene rings is 2. The zero-order chi connectivity index (χ0) is 14.7. The van der Waals surface area contributed by atoms with E-state index < -0.39 is 0 Å². The van der Waals surface area contributed by atoms with Crippen molar-refractivity contribution in [1.29, 1.82) is 0 Å². The molecule has 0 radical (unpaired) electrons. The van der Waals surface area contributed by atoms with Crippen molar-refractivity contribution in [2.45, 2.75) is 13.5 Å². The lowest BCUT2D eigenvalue weighted by atomic mass is 10.1. The Morgan fingerprint density at radius 2 is 1.95 bits per heavy atom. The van der Waals surface area contributed by atoms with Crippen LogP contribution in [0.25, 0.3) is 10.9 Å². The summed E-state index contributed by atoms with van der Waals surface area (Å²) < 4.78 is 5.43. The van der Waals surface area contributed by atoms with Gasteiger partial charge in [-0.25, -0.2) is 0 Å². The fraction of sp³-hybridized carbons (Fsp3) is 0.167. The number of aryl methyl sites for hydroxylation is 1. The molecule has 0 amide bonds. The summed E-state index contributed by atoms with van der Waals surface area (Å²) in [5, 5.41) is 4.63. The molecule has 0 spiro atoms. The molecule has 3 rings (SSSR count). The first-order valence-electron chi connectivity index (χ1n) is 6.99. The van der Waals surface area contributed by atoms with Gasteiger partial charge in [-0.15, -0.1) is 0 Å². The van der Waals surface area contributed by atoms with Crippen LogP contribution in [0.15, 0.2) is 54.7 Å². The Kier molecular flexibility index (Phi) is 3.73. The van der Waals surface area contributed by atoms with E-state index in [1.807, 2.05) is 30.5 Å². The molecule has 0 aliphatic carbocycles. The Bertz CT molecular complexity index is 763. The normalized spacial score (nSPS) is 10.6. The largest absolute Gasteiger partial charge is 0.495 e. The SMILES string of the molecule is COc1cc(C)ccc1NCc1ccnc2ccccc12. The summed E-state index contributed by atoms with van der Waals surface area (Å²) in [7, 11) is 1.70. The molecule has 3 heteroatoms. The van der Waals surface area contributed by atoms with Gasteiger partial charge in [-0.2, -0.15) is 0 Å². The summed E-state index contributed by atoms with van der Waals surface area (Å²) in [6, 6.07) is 16.4. The molecule has 0 saturated heterocycles. The first-order chi connectivity index (χ1) is 10.3. The van der Waals surface area contributed by atoms with Crippen LogP contribution in [0, 0.1) is 6.92 Å². The summed E-state index contributed by atoms with van der Waals surface area (Å²) in [6.07, 6.45) is 1.85. The van der Waals surface area contributed by atoms with E-state index in [0.29, 0.717) is 0 Å². The molecule has 0 atom stereocenters. The van der Waals surface area contributed by atoms with E-state index in [-0.39, 0.29) is 0 Å². The topological polar surface area (TPSA) is 34.1 Å². The maximum atomic E-state index is 5.43. The van der Waals surface area contributed by atoms with Crippen LogP contribution in [0.1, 0.15) is 11.1 Å². The molecule has 0 saturated carbocycles. The Morgan fingerprint density at radius 1 is 1.10 bits per heavy atom. The Morgan fingerprint density at radius 3 is 2.81 bits per heavy atom. The first kappa shape index (κ1) is 13.4. The average Bonchev–Trinajstić information content (AvgIpc) is 2.53. The van der Waals surface area contributed by atoms with Crippen molar-refractivity contribution in [3.05, 3.63) is 65.9 Å². The molecule has 0 unspecified atom stereocenters. The highest BCUT2D eigenvalue weighted by molar-refractivity contribution is 5.82. The number of rotatable bonds is 4. The van der Waals surface area contributed by atoms with Crippen LogP contribution >= 0.6 is 0 Å². The van der Waals surface area contributed by atoms with Crippen LogP contribution in [0.2, 0.25) is 0 Å². The van der Waals surface area contributed by atoms with E-state index in [0.717, 1.165) is 23.5 Å². The van der Waals surface area contributed by atoms with Crippen LogP contribution < -0.4 is 10.1 Å². The summed E-state index contributed by atoms with van der Waals surface area (Å²) in [5.41, 5.74) is 4.44. The minimum Gasteiger partial charge on any atom is -0.495 e. The summed E-state index contributed by atoms with van der Waals surface area (Å²) in [5.74, 6) is 0.869. The number of para-hydroxylation sites is 1. The van der Waals surface area contributed by atoms with Gasteiger partial charge in [0.2, 0.25) is 0 Å². The zero-order valence-corrected chi connectivity index (χ0v) is 12.3. The highest BCUT2D eigenvalue weighted by atomic mass is 16.5. The summed E-state index contributed by atoms with van der Waals surface area (Å²) in [6.45, 7) is 2.80. The van der Waals surface area contributed by atoms with Crippen molar-refractivity contribution in [1.82, 2.24) is 4.98 Å². The fourth-order valence-corrected chi connectivity index (χ4v) is 2.44. The first-order valence-corrected chi connectivity index (χ1v) is 6.99. The molecular weight excluding hydrogens is 260 g/mol. The van der Waals surface area contributed by atoms with Crippen LogP contribution in [-0.2, 0) is 6.54 Å². The lowest BCUT2D eigenvalue weighted by Crippen LogP contribution is -2.02. The maximum Gasteiger partial charge on any atom is 0.142 e. The van der Waals surface area contributed by atoms with Crippen LogP contribution in [0.4, 0.5) is 5.69 Å². The van der Waals surface area contributed by atoms with E-state index in [9.17, 15) is 0 Å². The second-order valence-electron chi connectivity index (χ2n) is 5.04. The predicted molar refractivity (Wildman–Crippen MR) is 86.8 cm³/mol. The quantitative estimate of drug-likeness (QED) is 0.778. The molecule has 1 heterocycles. The number of methoxy groups -OCH3 is 1. The third kappa shape index (κ3) is 2.82. The summed E-state index contributed by atoms with van der Waals surface area (Å²) in [4.78, 5) is 4.39. The Balaban J connectivity index is 1.87. The van der Waals surface area contributed by atoms with Crippen molar-refractivity contribution < 1.29 is 4.74 Å². The van der Waals surface area contributed by atoms with Gasteiger partial charge in [-0.1, -0.05) is 24.3 Å². The number of fused-ring (bicyclic) bond motifs is 1.